The minimum absolute atomic E-state index is 0.0108. The van der Waals surface area contributed by atoms with Crippen molar-refractivity contribution in [3.05, 3.63) is 65.5 Å². The number of hydrogen-bond acceptors (Lipinski definition) is 2. The van der Waals surface area contributed by atoms with E-state index in [4.69, 9.17) is 0 Å². The van der Waals surface area contributed by atoms with Gasteiger partial charge in [-0.05, 0) is 23.8 Å². The first-order valence-electron chi connectivity index (χ1n) is 5.89. The third-order valence-corrected chi connectivity index (χ3v) is 3.74. The molecule has 0 radical (unpaired) electrons. The van der Waals surface area contributed by atoms with Gasteiger partial charge in [0, 0.05) is 17.4 Å². The highest BCUT2D eigenvalue weighted by Gasteiger charge is 2.10. The Hall–Kier alpha value is -1.75. The van der Waals surface area contributed by atoms with E-state index in [-0.39, 0.29) is 22.9 Å². The van der Waals surface area contributed by atoms with Crippen LogP contribution in [0.25, 0.3) is 0 Å². The second kappa shape index (κ2) is 6.61. The van der Waals surface area contributed by atoms with Crippen LogP contribution < -0.4 is 0 Å². The maximum absolute atomic E-state index is 13.4. The molecule has 0 saturated heterocycles. The topological polar surface area (TPSA) is 17.1 Å². The SMILES string of the molecule is O=C(CSc1ccc(F)cc1F)Cc1ccccc1F. The average molecular weight is 296 g/mol. The summed E-state index contributed by atoms with van der Waals surface area (Å²) in [6.07, 6.45) is -0.0392. The summed E-state index contributed by atoms with van der Waals surface area (Å²) < 4.78 is 39.4. The highest BCUT2D eigenvalue weighted by Crippen LogP contribution is 2.22. The van der Waals surface area contributed by atoms with Crippen LogP contribution in [0.4, 0.5) is 13.2 Å². The molecule has 2 rings (SSSR count). The normalized spacial score (nSPS) is 10.6. The van der Waals surface area contributed by atoms with E-state index in [1.165, 1.54) is 18.2 Å². The monoisotopic (exact) mass is 296 g/mol. The molecular weight excluding hydrogens is 285 g/mol. The molecule has 0 N–H and O–H groups in total. The molecule has 0 heterocycles. The highest BCUT2D eigenvalue weighted by atomic mass is 32.2. The Balaban J connectivity index is 1.94. The van der Waals surface area contributed by atoms with Crippen LogP contribution in [-0.4, -0.2) is 11.5 Å². The molecule has 0 atom stereocenters. The van der Waals surface area contributed by atoms with Gasteiger partial charge in [0.2, 0.25) is 0 Å². The lowest BCUT2D eigenvalue weighted by molar-refractivity contribution is -0.116. The van der Waals surface area contributed by atoms with E-state index in [9.17, 15) is 18.0 Å². The predicted octanol–water partition coefficient (Wildman–Crippen LogP) is 4.01. The van der Waals surface area contributed by atoms with Crippen LogP contribution in [-0.2, 0) is 11.2 Å². The first kappa shape index (κ1) is 14.7. The van der Waals surface area contributed by atoms with E-state index in [0.29, 0.717) is 5.56 Å². The summed E-state index contributed by atoms with van der Waals surface area (Å²) in [4.78, 5) is 11.9. The predicted molar refractivity (Wildman–Crippen MR) is 72.2 cm³/mol. The van der Waals surface area contributed by atoms with Crippen molar-refractivity contribution in [2.24, 2.45) is 0 Å². The van der Waals surface area contributed by atoms with E-state index >= 15 is 0 Å². The fraction of sp³-hybridized carbons (Fsp3) is 0.133. The summed E-state index contributed by atoms with van der Waals surface area (Å²) >= 11 is 0.975. The van der Waals surface area contributed by atoms with Crippen LogP contribution in [0.1, 0.15) is 5.56 Å². The molecule has 0 aromatic heterocycles. The van der Waals surface area contributed by atoms with Crippen LogP contribution in [0.5, 0.6) is 0 Å². The lowest BCUT2D eigenvalue weighted by atomic mass is 10.1. The maximum atomic E-state index is 13.4. The number of Topliss-reactive ketones (excluding diaryl/α,β-unsaturated/α-hetero) is 1. The molecule has 20 heavy (non-hydrogen) atoms. The van der Waals surface area contributed by atoms with E-state index in [0.717, 1.165) is 23.9 Å². The number of benzene rings is 2. The molecule has 5 heteroatoms. The van der Waals surface area contributed by atoms with Crippen molar-refractivity contribution in [1.29, 1.82) is 0 Å². The van der Waals surface area contributed by atoms with Crippen molar-refractivity contribution < 1.29 is 18.0 Å². The minimum atomic E-state index is -0.700. The van der Waals surface area contributed by atoms with Crippen LogP contribution in [0.2, 0.25) is 0 Å². The molecule has 2 aromatic carbocycles. The van der Waals surface area contributed by atoms with Crippen molar-refractivity contribution in [3.63, 3.8) is 0 Å². The third kappa shape index (κ3) is 3.87. The first-order chi connectivity index (χ1) is 9.56. The number of carbonyl (C=O) groups excluding carboxylic acids is 1. The van der Waals surface area contributed by atoms with Gasteiger partial charge in [-0.1, -0.05) is 18.2 Å². The number of hydrogen-bond donors (Lipinski definition) is 0. The van der Waals surface area contributed by atoms with Gasteiger partial charge >= 0.3 is 0 Å². The molecule has 0 aliphatic rings. The summed E-state index contributed by atoms with van der Waals surface area (Å²) in [5.41, 5.74) is 0.317. The summed E-state index contributed by atoms with van der Waals surface area (Å²) in [6.45, 7) is 0. The van der Waals surface area contributed by atoms with Gasteiger partial charge in [0.05, 0.1) is 5.75 Å². The standard InChI is InChI=1S/C15H11F3OS/c16-11-5-6-15(14(18)8-11)20-9-12(19)7-10-3-1-2-4-13(10)17/h1-6,8H,7,9H2. The number of halogens is 3. The fourth-order valence-electron chi connectivity index (χ4n) is 1.66. The van der Waals surface area contributed by atoms with E-state index in [1.807, 2.05) is 0 Å². The molecule has 0 aliphatic heterocycles. The number of thioether (sulfide) groups is 1. The molecule has 0 spiro atoms. The average Bonchev–Trinajstić information content (AvgIpc) is 2.40. The smallest absolute Gasteiger partial charge is 0.147 e. The van der Waals surface area contributed by atoms with Gasteiger partial charge in [0.15, 0.2) is 0 Å². The van der Waals surface area contributed by atoms with Crippen LogP contribution in [0.15, 0.2) is 47.4 Å². The number of rotatable bonds is 5. The quantitative estimate of drug-likeness (QED) is 0.776. The van der Waals surface area contributed by atoms with E-state index in [1.54, 1.807) is 12.1 Å². The maximum Gasteiger partial charge on any atom is 0.147 e. The molecule has 2 aromatic rings. The molecule has 0 unspecified atom stereocenters. The molecule has 0 amide bonds. The highest BCUT2D eigenvalue weighted by molar-refractivity contribution is 8.00. The Morgan fingerprint density at radius 3 is 2.45 bits per heavy atom. The molecule has 0 bridgehead atoms. The zero-order valence-electron chi connectivity index (χ0n) is 10.4. The van der Waals surface area contributed by atoms with Gasteiger partial charge in [0.25, 0.3) is 0 Å². The van der Waals surface area contributed by atoms with Crippen LogP contribution >= 0.6 is 11.8 Å². The van der Waals surface area contributed by atoms with Crippen molar-refractivity contribution in [1.82, 2.24) is 0 Å². The lowest BCUT2D eigenvalue weighted by Crippen LogP contribution is -2.07. The lowest BCUT2D eigenvalue weighted by Gasteiger charge is -2.04. The van der Waals surface area contributed by atoms with E-state index < -0.39 is 17.5 Å². The van der Waals surface area contributed by atoms with Crippen molar-refractivity contribution in [2.75, 3.05) is 5.75 Å². The van der Waals surface area contributed by atoms with Crippen molar-refractivity contribution in [2.45, 2.75) is 11.3 Å². The first-order valence-corrected chi connectivity index (χ1v) is 6.88. The van der Waals surface area contributed by atoms with Crippen LogP contribution in [0, 0.1) is 17.5 Å². The largest absolute Gasteiger partial charge is 0.298 e. The molecule has 104 valence electrons. The second-order valence-corrected chi connectivity index (χ2v) is 5.19. The Labute approximate surface area is 118 Å². The molecular formula is C15H11F3OS. The van der Waals surface area contributed by atoms with Gasteiger partial charge in [-0.3, -0.25) is 4.79 Å². The van der Waals surface area contributed by atoms with Crippen molar-refractivity contribution >= 4 is 17.5 Å². The Morgan fingerprint density at radius 2 is 1.75 bits per heavy atom. The molecule has 0 aliphatic carbocycles. The van der Waals surface area contributed by atoms with Gasteiger partial charge in [-0.25, -0.2) is 13.2 Å². The fourth-order valence-corrected chi connectivity index (χ4v) is 2.44. The number of carbonyl (C=O) groups is 1. The summed E-state index contributed by atoms with van der Waals surface area (Å²) in [5.74, 6) is -2.00. The zero-order valence-corrected chi connectivity index (χ0v) is 11.2. The summed E-state index contributed by atoms with van der Waals surface area (Å²) in [5, 5.41) is 0. The minimum Gasteiger partial charge on any atom is -0.298 e. The Morgan fingerprint density at radius 1 is 1.00 bits per heavy atom. The second-order valence-electron chi connectivity index (χ2n) is 4.17. The third-order valence-electron chi connectivity index (χ3n) is 2.63. The zero-order chi connectivity index (χ0) is 14.5. The Bertz CT molecular complexity index is 628. The van der Waals surface area contributed by atoms with Gasteiger partial charge in [-0.2, -0.15) is 0 Å². The molecule has 0 fully saturated rings. The van der Waals surface area contributed by atoms with E-state index in [2.05, 4.69) is 0 Å². The Kier molecular flexibility index (Phi) is 4.84. The van der Waals surface area contributed by atoms with Gasteiger partial charge < -0.3 is 0 Å². The van der Waals surface area contributed by atoms with Crippen molar-refractivity contribution in [3.8, 4) is 0 Å². The van der Waals surface area contributed by atoms with Gasteiger partial charge in [0.1, 0.15) is 23.2 Å². The summed E-state index contributed by atoms with van der Waals surface area (Å²) in [6, 6.07) is 9.21. The number of ketones is 1. The summed E-state index contributed by atoms with van der Waals surface area (Å²) in [7, 11) is 0. The molecule has 1 nitrogen and oxygen atoms in total. The van der Waals surface area contributed by atoms with Gasteiger partial charge in [-0.15, -0.1) is 11.8 Å². The van der Waals surface area contributed by atoms with Crippen LogP contribution in [0.3, 0.4) is 0 Å². The molecule has 0 saturated carbocycles.